The molecule has 1 unspecified atom stereocenters. The highest BCUT2D eigenvalue weighted by Gasteiger charge is 2.27. The summed E-state index contributed by atoms with van der Waals surface area (Å²) in [5, 5.41) is 3.47. The van der Waals surface area contributed by atoms with E-state index in [9.17, 15) is 4.79 Å². The SMILES string of the molecule is COc1cc(OC)nc(NC(=O)CN2CCN(C(c3ccccc3)c3ccc(Cl)cc3)CC2)n1. The molecular formula is C25H28ClN5O3. The number of ether oxygens (including phenoxy) is 2. The van der Waals surface area contributed by atoms with Gasteiger partial charge in [-0.05, 0) is 23.3 Å². The van der Waals surface area contributed by atoms with Crippen LogP contribution in [0.1, 0.15) is 17.2 Å². The number of halogens is 1. The standard InChI is InChI=1S/C25H28ClN5O3/c1-33-22-16-23(34-2)29-25(28-22)27-21(32)17-30-12-14-31(15-13-30)24(18-6-4-3-5-7-18)19-8-10-20(26)11-9-19/h3-11,16,24H,12-15,17H2,1-2H3,(H,27,28,29,32). The molecule has 3 aromatic rings. The number of hydrogen-bond acceptors (Lipinski definition) is 7. The smallest absolute Gasteiger partial charge is 0.240 e. The number of piperazine rings is 1. The minimum Gasteiger partial charge on any atom is -0.481 e. The average Bonchev–Trinajstić information content (AvgIpc) is 2.86. The van der Waals surface area contributed by atoms with Crippen LogP contribution in [0.15, 0.2) is 60.7 Å². The number of hydrogen-bond donors (Lipinski definition) is 1. The van der Waals surface area contributed by atoms with Crippen LogP contribution in [0.4, 0.5) is 5.95 Å². The van der Waals surface area contributed by atoms with Gasteiger partial charge in [0, 0.05) is 31.2 Å². The zero-order valence-electron chi connectivity index (χ0n) is 19.3. The van der Waals surface area contributed by atoms with Gasteiger partial charge in [0.1, 0.15) is 0 Å². The molecule has 8 nitrogen and oxygen atoms in total. The van der Waals surface area contributed by atoms with E-state index < -0.39 is 0 Å². The van der Waals surface area contributed by atoms with Gasteiger partial charge in [-0.15, -0.1) is 0 Å². The molecule has 2 aromatic carbocycles. The van der Waals surface area contributed by atoms with E-state index in [0.29, 0.717) is 11.8 Å². The minimum absolute atomic E-state index is 0.132. The van der Waals surface area contributed by atoms with Crippen LogP contribution in [0.5, 0.6) is 11.8 Å². The van der Waals surface area contributed by atoms with Crippen LogP contribution < -0.4 is 14.8 Å². The van der Waals surface area contributed by atoms with Gasteiger partial charge in [0.25, 0.3) is 0 Å². The highest BCUT2D eigenvalue weighted by molar-refractivity contribution is 6.30. The molecule has 0 spiro atoms. The van der Waals surface area contributed by atoms with Crippen molar-refractivity contribution in [1.29, 1.82) is 0 Å². The second-order valence-corrected chi connectivity index (χ2v) is 8.44. The Bertz CT molecular complexity index is 1070. The second kappa shape index (κ2) is 11.3. The van der Waals surface area contributed by atoms with Crippen molar-refractivity contribution in [3.63, 3.8) is 0 Å². The number of anilines is 1. The first-order valence-electron chi connectivity index (χ1n) is 11.1. The maximum Gasteiger partial charge on any atom is 0.240 e. The molecule has 1 aromatic heterocycles. The number of nitrogens with zero attached hydrogens (tertiary/aromatic N) is 4. The Morgan fingerprint density at radius 2 is 1.53 bits per heavy atom. The molecule has 178 valence electrons. The van der Waals surface area contributed by atoms with Crippen molar-refractivity contribution < 1.29 is 14.3 Å². The van der Waals surface area contributed by atoms with Crippen molar-refractivity contribution in [2.24, 2.45) is 0 Å². The highest BCUT2D eigenvalue weighted by atomic mass is 35.5. The van der Waals surface area contributed by atoms with Gasteiger partial charge < -0.3 is 9.47 Å². The van der Waals surface area contributed by atoms with Crippen LogP contribution in [0.2, 0.25) is 5.02 Å². The Morgan fingerprint density at radius 3 is 2.12 bits per heavy atom. The van der Waals surface area contributed by atoms with Crippen LogP contribution in [-0.2, 0) is 4.79 Å². The minimum atomic E-state index is -0.180. The highest BCUT2D eigenvalue weighted by Crippen LogP contribution is 2.30. The molecule has 0 radical (unpaired) electrons. The number of rotatable bonds is 8. The lowest BCUT2D eigenvalue weighted by Gasteiger charge is -2.39. The Balaban J connectivity index is 1.39. The number of carbonyl (C=O) groups excluding carboxylic acids is 1. The third-order valence-electron chi connectivity index (χ3n) is 5.79. The molecule has 1 aliphatic heterocycles. The monoisotopic (exact) mass is 481 g/mol. The van der Waals surface area contributed by atoms with E-state index in [1.807, 2.05) is 18.2 Å². The maximum absolute atomic E-state index is 12.6. The summed E-state index contributed by atoms with van der Waals surface area (Å²) in [5.74, 6) is 0.627. The molecule has 9 heteroatoms. The first-order chi connectivity index (χ1) is 16.6. The number of methoxy groups -OCH3 is 2. The number of aromatic nitrogens is 2. The maximum atomic E-state index is 12.6. The fraction of sp³-hybridized carbons (Fsp3) is 0.320. The summed E-state index contributed by atoms with van der Waals surface area (Å²) in [6.45, 7) is 3.46. The molecule has 1 aliphatic rings. The van der Waals surface area contributed by atoms with E-state index in [1.54, 1.807) is 6.07 Å². The van der Waals surface area contributed by atoms with Crippen LogP contribution in [0, 0.1) is 0 Å². The Hall–Kier alpha value is -3.20. The summed E-state index contributed by atoms with van der Waals surface area (Å²) in [5.41, 5.74) is 2.44. The summed E-state index contributed by atoms with van der Waals surface area (Å²) in [4.78, 5) is 25.5. The van der Waals surface area contributed by atoms with Crippen molar-refractivity contribution in [1.82, 2.24) is 19.8 Å². The first kappa shape index (κ1) is 23.9. The summed E-state index contributed by atoms with van der Waals surface area (Å²) < 4.78 is 10.3. The lowest BCUT2D eigenvalue weighted by atomic mass is 9.96. The molecule has 34 heavy (non-hydrogen) atoms. The molecule has 0 saturated carbocycles. The molecule has 1 atom stereocenters. The van der Waals surface area contributed by atoms with E-state index in [-0.39, 0.29) is 24.4 Å². The van der Waals surface area contributed by atoms with Crippen molar-refractivity contribution in [3.8, 4) is 11.8 Å². The summed E-state index contributed by atoms with van der Waals surface area (Å²) in [6, 6.07) is 20.2. The third-order valence-corrected chi connectivity index (χ3v) is 6.04. The van der Waals surface area contributed by atoms with Gasteiger partial charge in [0.2, 0.25) is 23.6 Å². The van der Waals surface area contributed by atoms with Crippen molar-refractivity contribution in [2.45, 2.75) is 6.04 Å². The molecule has 0 bridgehead atoms. The average molecular weight is 482 g/mol. The van der Waals surface area contributed by atoms with Crippen LogP contribution in [0.3, 0.4) is 0 Å². The van der Waals surface area contributed by atoms with Crippen molar-refractivity contribution in [3.05, 3.63) is 76.8 Å². The largest absolute Gasteiger partial charge is 0.481 e. The number of benzene rings is 2. The van der Waals surface area contributed by atoms with E-state index in [4.69, 9.17) is 21.1 Å². The van der Waals surface area contributed by atoms with E-state index in [0.717, 1.165) is 31.2 Å². The Kier molecular flexibility index (Phi) is 7.95. The molecule has 2 heterocycles. The fourth-order valence-electron chi connectivity index (χ4n) is 4.11. The van der Waals surface area contributed by atoms with Gasteiger partial charge in [-0.2, -0.15) is 9.97 Å². The normalized spacial score (nSPS) is 15.5. The first-order valence-corrected chi connectivity index (χ1v) is 11.5. The molecule has 1 saturated heterocycles. The van der Waals surface area contributed by atoms with Gasteiger partial charge in [-0.1, -0.05) is 54.1 Å². The predicted octanol–water partition coefficient (Wildman–Crippen LogP) is 3.49. The Labute approximate surface area is 204 Å². The topological polar surface area (TPSA) is 79.8 Å². The second-order valence-electron chi connectivity index (χ2n) is 8.00. The summed E-state index contributed by atoms with van der Waals surface area (Å²) >= 11 is 6.13. The number of carbonyl (C=O) groups is 1. The van der Waals surface area contributed by atoms with Crippen molar-refractivity contribution >= 4 is 23.5 Å². The predicted molar refractivity (Wildman–Crippen MR) is 132 cm³/mol. The van der Waals surface area contributed by atoms with E-state index in [1.165, 1.54) is 25.3 Å². The molecule has 1 amide bonds. The lowest BCUT2D eigenvalue weighted by Crippen LogP contribution is -2.49. The third kappa shape index (κ3) is 6.02. The fourth-order valence-corrected chi connectivity index (χ4v) is 4.24. The number of nitrogens with one attached hydrogen (secondary N) is 1. The molecular weight excluding hydrogens is 454 g/mol. The van der Waals surface area contributed by atoms with E-state index in [2.05, 4.69) is 61.5 Å². The van der Waals surface area contributed by atoms with E-state index >= 15 is 0 Å². The van der Waals surface area contributed by atoms with Crippen LogP contribution >= 0.6 is 11.6 Å². The molecule has 4 rings (SSSR count). The van der Waals surface area contributed by atoms with Gasteiger partial charge in [-0.25, -0.2) is 0 Å². The number of amides is 1. The van der Waals surface area contributed by atoms with Gasteiger partial charge >= 0.3 is 0 Å². The molecule has 1 fully saturated rings. The summed E-state index contributed by atoms with van der Waals surface area (Å²) in [6.07, 6.45) is 0. The van der Waals surface area contributed by atoms with Crippen LogP contribution in [0.25, 0.3) is 0 Å². The van der Waals surface area contributed by atoms with Gasteiger partial charge in [-0.3, -0.25) is 19.9 Å². The van der Waals surface area contributed by atoms with Gasteiger partial charge in [0.15, 0.2) is 0 Å². The van der Waals surface area contributed by atoms with Gasteiger partial charge in [0.05, 0.1) is 32.9 Å². The van der Waals surface area contributed by atoms with Crippen LogP contribution in [-0.4, -0.2) is 72.6 Å². The molecule has 0 aliphatic carbocycles. The zero-order chi connectivity index (χ0) is 23.9. The Morgan fingerprint density at radius 1 is 0.941 bits per heavy atom. The quantitative estimate of drug-likeness (QED) is 0.527. The lowest BCUT2D eigenvalue weighted by molar-refractivity contribution is -0.117. The molecule has 1 N–H and O–H groups in total. The van der Waals surface area contributed by atoms with Crippen molar-refractivity contribution in [2.75, 3.05) is 52.3 Å². The summed E-state index contributed by atoms with van der Waals surface area (Å²) in [7, 11) is 3.00. The zero-order valence-corrected chi connectivity index (χ0v) is 20.0.